The van der Waals surface area contributed by atoms with Gasteiger partial charge in [-0.25, -0.2) is 0 Å². The molecule has 1 heterocycles. The summed E-state index contributed by atoms with van der Waals surface area (Å²) in [5.74, 6) is 0.404. The van der Waals surface area contributed by atoms with Gasteiger partial charge in [-0.3, -0.25) is 4.79 Å². The van der Waals surface area contributed by atoms with Gasteiger partial charge in [0.1, 0.15) is 5.75 Å². The van der Waals surface area contributed by atoms with E-state index in [2.05, 4.69) is 10.3 Å². The van der Waals surface area contributed by atoms with Crippen LogP contribution in [0.2, 0.25) is 0 Å². The minimum Gasteiger partial charge on any atom is -0.495 e. The summed E-state index contributed by atoms with van der Waals surface area (Å²) in [7, 11) is 1.57. The number of hydrogen-bond donors (Lipinski definition) is 3. The summed E-state index contributed by atoms with van der Waals surface area (Å²) in [6, 6.07) is 12.7. The number of fused-ring (bicyclic) bond motifs is 1. The number of H-pyrrole nitrogens is 1. The van der Waals surface area contributed by atoms with Crippen LogP contribution in [0.1, 0.15) is 10.4 Å². The number of carbonyl (C=O) groups is 1. The number of carbonyl (C=O) groups excluding carboxylic acids is 1. The largest absolute Gasteiger partial charge is 0.495 e. The molecule has 0 aliphatic rings. The molecule has 1 aromatic heterocycles. The third kappa shape index (κ3) is 2.41. The maximum Gasteiger partial charge on any atom is 0.257 e. The van der Waals surface area contributed by atoms with Crippen LogP contribution in [0.4, 0.5) is 11.4 Å². The van der Waals surface area contributed by atoms with Crippen LogP contribution in [0.3, 0.4) is 0 Å². The van der Waals surface area contributed by atoms with Crippen LogP contribution in [0.25, 0.3) is 10.9 Å². The Kier molecular flexibility index (Phi) is 3.23. The molecular formula is C16H15N3O2. The summed E-state index contributed by atoms with van der Waals surface area (Å²) >= 11 is 0. The molecule has 0 saturated heterocycles. The van der Waals surface area contributed by atoms with E-state index in [1.807, 2.05) is 18.2 Å². The number of para-hydroxylation sites is 2. The molecule has 5 nitrogen and oxygen atoms in total. The Morgan fingerprint density at radius 1 is 1.24 bits per heavy atom. The van der Waals surface area contributed by atoms with Gasteiger partial charge in [0.05, 0.1) is 18.4 Å². The van der Waals surface area contributed by atoms with E-state index in [-0.39, 0.29) is 5.91 Å². The molecule has 5 heteroatoms. The van der Waals surface area contributed by atoms with Crippen LogP contribution in [0.5, 0.6) is 5.75 Å². The Balaban J connectivity index is 1.96. The van der Waals surface area contributed by atoms with Gasteiger partial charge < -0.3 is 20.8 Å². The molecule has 21 heavy (non-hydrogen) atoms. The van der Waals surface area contributed by atoms with Gasteiger partial charge in [-0.2, -0.15) is 0 Å². The molecule has 0 aliphatic heterocycles. The number of aromatic amines is 1. The molecular weight excluding hydrogens is 266 g/mol. The number of rotatable bonds is 3. The fourth-order valence-electron chi connectivity index (χ4n) is 2.26. The number of amides is 1. The number of nitrogens with two attached hydrogens (primary N) is 1. The van der Waals surface area contributed by atoms with E-state index in [0.717, 1.165) is 10.9 Å². The lowest BCUT2D eigenvalue weighted by molar-refractivity contribution is 0.102. The van der Waals surface area contributed by atoms with Gasteiger partial charge in [-0.05, 0) is 30.3 Å². The molecule has 3 rings (SSSR count). The molecule has 0 fully saturated rings. The summed E-state index contributed by atoms with van der Waals surface area (Å²) < 4.78 is 5.23. The summed E-state index contributed by atoms with van der Waals surface area (Å²) in [6.07, 6.45) is 1.68. The van der Waals surface area contributed by atoms with Crippen LogP contribution >= 0.6 is 0 Å². The summed E-state index contributed by atoms with van der Waals surface area (Å²) in [4.78, 5) is 15.5. The zero-order chi connectivity index (χ0) is 14.8. The lowest BCUT2D eigenvalue weighted by atomic mass is 10.1. The van der Waals surface area contributed by atoms with Crippen LogP contribution in [-0.2, 0) is 0 Å². The summed E-state index contributed by atoms with van der Waals surface area (Å²) in [5.41, 5.74) is 8.45. The van der Waals surface area contributed by atoms with Gasteiger partial charge in [-0.1, -0.05) is 12.1 Å². The van der Waals surface area contributed by atoms with Crippen LogP contribution < -0.4 is 15.8 Å². The Bertz CT molecular complexity index is 808. The number of anilines is 2. The quantitative estimate of drug-likeness (QED) is 0.645. The van der Waals surface area contributed by atoms with Crippen LogP contribution in [0, 0.1) is 0 Å². The van der Waals surface area contributed by atoms with E-state index in [1.54, 1.807) is 37.6 Å². The first-order valence-corrected chi connectivity index (χ1v) is 6.50. The lowest BCUT2D eigenvalue weighted by Crippen LogP contribution is -2.12. The van der Waals surface area contributed by atoms with Crippen molar-refractivity contribution in [1.82, 2.24) is 4.98 Å². The maximum atomic E-state index is 12.4. The van der Waals surface area contributed by atoms with Crippen molar-refractivity contribution in [1.29, 1.82) is 0 Å². The number of nitrogens with one attached hydrogen (secondary N) is 2. The zero-order valence-electron chi connectivity index (χ0n) is 11.5. The molecule has 0 bridgehead atoms. The smallest absolute Gasteiger partial charge is 0.257 e. The van der Waals surface area contributed by atoms with E-state index < -0.39 is 0 Å². The zero-order valence-corrected chi connectivity index (χ0v) is 11.5. The monoisotopic (exact) mass is 281 g/mol. The van der Waals surface area contributed by atoms with Crippen molar-refractivity contribution in [2.45, 2.75) is 0 Å². The first kappa shape index (κ1) is 13.1. The standard InChI is InChI=1S/C16H15N3O2/c1-21-15-5-3-2-4-14(15)19-16(20)12-9-18-13-7-6-10(17)8-11(12)13/h2-9,18H,17H2,1H3,(H,19,20). The third-order valence-corrected chi connectivity index (χ3v) is 3.31. The van der Waals surface area contributed by atoms with E-state index in [1.165, 1.54) is 0 Å². The van der Waals surface area contributed by atoms with Crippen LogP contribution in [-0.4, -0.2) is 18.0 Å². The predicted octanol–water partition coefficient (Wildman–Crippen LogP) is 3.01. The van der Waals surface area contributed by atoms with Crippen molar-refractivity contribution in [3.63, 3.8) is 0 Å². The van der Waals surface area contributed by atoms with Crippen molar-refractivity contribution in [3.8, 4) is 5.75 Å². The number of benzene rings is 2. The average Bonchev–Trinajstić information content (AvgIpc) is 2.90. The van der Waals surface area contributed by atoms with Crippen LogP contribution in [0.15, 0.2) is 48.7 Å². The number of hydrogen-bond acceptors (Lipinski definition) is 3. The lowest BCUT2D eigenvalue weighted by Gasteiger charge is -2.09. The second kappa shape index (κ2) is 5.20. The highest BCUT2D eigenvalue weighted by molar-refractivity contribution is 6.13. The van der Waals surface area contributed by atoms with E-state index in [9.17, 15) is 4.79 Å². The molecule has 3 aromatic rings. The number of ether oxygens (including phenoxy) is 1. The minimum absolute atomic E-state index is 0.212. The highest BCUT2D eigenvalue weighted by Gasteiger charge is 2.14. The fourth-order valence-corrected chi connectivity index (χ4v) is 2.26. The maximum absolute atomic E-state index is 12.4. The SMILES string of the molecule is COc1ccccc1NC(=O)c1c[nH]c2ccc(N)cc12. The highest BCUT2D eigenvalue weighted by atomic mass is 16.5. The molecule has 0 spiro atoms. The normalized spacial score (nSPS) is 10.5. The Morgan fingerprint density at radius 2 is 2.05 bits per heavy atom. The minimum atomic E-state index is -0.212. The molecule has 0 radical (unpaired) electrons. The number of aromatic nitrogens is 1. The Labute approximate surface area is 121 Å². The van der Waals surface area contributed by atoms with E-state index in [4.69, 9.17) is 10.5 Å². The highest BCUT2D eigenvalue weighted by Crippen LogP contribution is 2.26. The predicted molar refractivity (Wildman–Crippen MR) is 83.7 cm³/mol. The summed E-state index contributed by atoms with van der Waals surface area (Å²) in [5, 5.41) is 3.64. The van der Waals surface area contributed by atoms with Crippen molar-refractivity contribution >= 4 is 28.2 Å². The van der Waals surface area contributed by atoms with Gasteiger partial charge in [0, 0.05) is 22.8 Å². The van der Waals surface area contributed by atoms with Crippen molar-refractivity contribution in [3.05, 3.63) is 54.2 Å². The number of methoxy groups -OCH3 is 1. The molecule has 0 saturated carbocycles. The van der Waals surface area contributed by atoms with Gasteiger partial charge in [-0.15, -0.1) is 0 Å². The second-order valence-corrected chi connectivity index (χ2v) is 4.66. The van der Waals surface area contributed by atoms with Crippen molar-refractivity contribution in [2.24, 2.45) is 0 Å². The first-order valence-electron chi connectivity index (χ1n) is 6.50. The average molecular weight is 281 g/mol. The molecule has 106 valence electrons. The first-order chi connectivity index (χ1) is 10.2. The second-order valence-electron chi connectivity index (χ2n) is 4.66. The third-order valence-electron chi connectivity index (χ3n) is 3.31. The molecule has 2 aromatic carbocycles. The van der Waals surface area contributed by atoms with E-state index >= 15 is 0 Å². The molecule has 0 atom stereocenters. The summed E-state index contributed by atoms with van der Waals surface area (Å²) in [6.45, 7) is 0. The van der Waals surface area contributed by atoms with Crippen molar-refractivity contribution in [2.75, 3.05) is 18.2 Å². The van der Waals surface area contributed by atoms with Gasteiger partial charge in [0.25, 0.3) is 5.91 Å². The van der Waals surface area contributed by atoms with Gasteiger partial charge in [0.2, 0.25) is 0 Å². The Hall–Kier alpha value is -2.95. The fraction of sp³-hybridized carbons (Fsp3) is 0.0625. The molecule has 0 aliphatic carbocycles. The van der Waals surface area contributed by atoms with E-state index in [0.29, 0.717) is 22.7 Å². The van der Waals surface area contributed by atoms with Crippen molar-refractivity contribution < 1.29 is 9.53 Å². The molecule has 0 unspecified atom stereocenters. The molecule has 1 amide bonds. The Morgan fingerprint density at radius 3 is 2.86 bits per heavy atom. The van der Waals surface area contributed by atoms with Gasteiger partial charge in [0.15, 0.2) is 0 Å². The topological polar surface area (TPSA) is 80.1 Å². The molecule has 4 N–H and O–H groups in total. The van der Waals surface area contributed by atoms with Gasteiger partial charge >= 0.3 is 0 Å². The number of nitrogen functional groups attached to an aromatic ring is 1.